The summed E-state index contributed by atoms with van der Waals surface area (Å²) in [5.74, 6) is -0.944. The van der Waals surface area contributed by atoms with Crippen molar-refractivity contribution in [1.29, 1.82) is 0 Å². The van der Waals surface area contributed by atoms with Gasteiger partial charge < -0.3 is 4.74 Å². The molecule has 0 atom stereocenters. The van der Waals surface area contributed by atoms with Crippen LogP contribution in [0.25, 0.3) is 0 Å². The molecule has 0 N–H and O–H groups in total. The Morgan fingerprint density at radius 3 is 2.42 bits per heavy atom. The van der Waals surface area contributed by atoms with E-state index in [2.05, 4.69) is 9.72 Å². The summed E-state index contributed by atoms with van der Waals surface area (Å²) >= 11 is 0. The molecule has 0 fully saturated rings. The summed E-state index contributed by atoms with van der Waals surface area (Å²) in [7, 11) is 1.00. The molecule has 1 aromatic rings. The van der Waals surface area contributed by atoms with Gasteiger partial charge in [0.05, 0.1) is 19.1 Å². The van der Waals surface area contributed by atoms with Crippen LogP contribution in [-0.2, 0) is 22.1 Å². The van der Waals surface area contributed by atoms with Crippen molar-refractivity contribution in [2.75, 3.05) is 7.11 Å². The Bertz CT molecular complexity index is 485. The molecule has 106 valence electrons. The van der Waals surface area contributed by atoms with Gasteiger partial charge in [0, 0.05) is 6.20 Å². The first kappa shape index (κ1) is 15.3. The second-order valence-corrected chi connectivity index (χ2v) is 3.71. The van der Waals surface area contributed by atoms with Crippen molar-refractivity contribution < 1.29 is 31.5 Å². The SMILES string of the molecule is COC(=O)Cc1c(C(F)(F)F)cnc(C(F)F)c1C. The number of carbonyl (C=O) groups is 1. The van der Waals surface area contributed by atoms with Crippen LogP contribution in [0.3, 0.4) is 0 Å². The zero-order chi connectivity index (χ0) is 14.8. The van der Waals surface area contributed by atoms with E-state index < -0.39 is 41.8 Å². The summed E-state index contributed by atoms with van der Waals surface area (Å²) < 4.78 is 67.7. The number of methoxy groups -OCH3 is 1. The molecule has 1 heterocycles. The standard InChI is InChI=1S/C11H10F5NO2/c1-5-6(3-8(18)19-2)7(11(14,15)16)4-17-9(5)10(12)13/h4,10H,3H2,1-2H3. The molecule has 0 aromatic carbocycles. The van der Waals surface area contributed by atoms with Crippen LogP contribution in [0.5, 0.6) is 0 Å². The zero-order valence-electron chi connectivity index (χ0n) is 10.0. The molecule has 0 spiro atoms. The highest BCUT2D eigenvalue weighted by Crippen LogP contribution is 2.35. The van der Waals surface area contributed by atoms with E-state index in [1.807, 2.05) is 0 Å². The minimum absolute atomic E-state index is 0.312. The maximum absolute atomic E-state index is 12.7. The number of hydrogen-bond acceptors (Lipinski definition) is 3. The van der Waals surface area contributed by atoms with Gasteiger partial charge in [-0.15, -0.1) is 0 Å². The second kappa shape index (κ2) is 5.50. The fourth-order valence-electron chi connectivity index (χ4n) is 1.57. The molecule has 19 heavy (non-hydrogen) atoms. The Balaban J connectivity index is 3.42. The molecule has 0 bridgehead atoms. The van der Waals surface area contributed by atoms with Crippen molar-refractivity contribution in [3.8, 4) is 0 Å². The predicted octanol–water partition coefficient (Wildman–Crippen LogP) is 3.06. The number of alkyl halides is 5. The topological polar surface area (TPSA) is 39.2 Å². The van der Waals surface area contributed by atoms with Crippen LogP contribution < -0.4 is 0 Å². The summed E-state index contributed by atoms with van der Waals surface area (Å²) in [6, 6.07) is 0. The lowest BCUT2D eigenvalue weighted by Crippen LogP contribution is -2.17. The van der Waals surface area contributed by atoms with E-state index >= 15 is 0 Å². The predicted molar refractivity (Wildman–Crippen MR) is 54.7 cm³/mol. The normalized spacial score (nSPS) is 11.8. The number of nitrogens with zero attached hydrogens (tertiary/aromatic N) is 1. The molecule has 0 aliphatic rings. The summed E-state index contributed by atoms with van der Waals surface area (Å²) in [5, 5.41) is 0. The van der Waals surface area contributed by atoms with Gasteiger partial charge in [0.15, 0.2) is 0 Å². The van der Waals surface area contributed by atoms with Gasteiger partial charge in [0.25, 0.3) is 6.43 Å². The van der Waals surface area contributed by atoms with Gasteiger partial charge in [0.2, 0.25) is 0 Å². The Hall–Kier alpha value is -1.73. The highest BCUT2D eigenvalue weighted by molar-refractivity contribution is 5.73. The molecule has 0 aliphatic carbocycles. The summed E-state index contributed by atoms with van der Waals surface area (Å²) in [6.45, 7) is 1.07. The van der Waals surface area contributed by atoms with Gasteiger partial charge >= 0.3 is 12.1 Å². The molecule has 0 unspecified atom stereocenters. The fourth-order valence-corrected chi connectivity index (χ4v) is 1.57. The van der Waals surface area contributed by atoms with E-state index in [1.54, 1.807) is 0 Å². The van der Waals surface area contributed by atoms with Crippen molar-refractivity contribution in [2.24, 2.45) is 0 Å². The first-order valence-corrected chi connectivity index (χ1v) is 5.09. The van der Waals surface area contributed by atoms with Crippen molar-refractivity contribution in [3.63, 3.8) is 0 Å². The number of esters is 1. The monoisotopic (exact) mass is 283 g/mol. The van der Waals surface area contributed by atoms with Crippen molar-refractivity contribution in [2.45, 2.75) is 25.9 Å². The Morgan fingerprint density at radius 2 is 2.00 bits per heavy atom. The van der Waals surface area contributed by atoms with Gasteiger partial charge in [-0.3, -0.25) is 9.78 Å². The van der Waals surface area contributed by atoms with Crippen molar-refractivity contribution >= 4 is 5.97 Å². The van der Waals surface area contributed by atoms with Crippen LogP contribution in [0, 0.1) is 6.92 Å². The minimum atomic E-state index is -4.78. The van der Waals surface area contributed by atoms with Gasteiger partial charge in [-0.05, 0) is 18.1 Å². The number of pyridine rings is 1. The van der Waals surface area contributed by atoms with Crippen molar-refractivity contribution in [3.05, 3.63) is 28.6 Å². The Labute approximate surface area is 105 Å². The third kappa shape index (κ3) is 3.39. The van der Waals surface area contributed by atoms with Crippen LogP contribution in [0.15, 0.2) is 6.20 Å². The molecule has 1 aromatic heterocycles. The van der Waals surface area contributed by atoms with Gasteiger partial charge in [0.1, 0.15) is 5.69 Å². The lowest BCUT2D eigenvalue weighted by molar-refractivity contribution is -0.141. The number of hydrogen-bond donors (Lipinski definition) is 0. The van der Waals surface area contributed by atoms with Gasteiger partial charge in [-0.2, -0.15) is 13.2 Å². The number of rotatable bonds is 3. The number of aromatic nitrogens is 1. The Morgan fingerprint density at radius 1 is 1.42 bits per heavy atom. The number of halogens is 5. The summed E-state index contributed by atoms with van der Waals surface area (Å²) in [4.78, 5) is 14.2. The minimum Gasteiger partial charge on any atom is -0.469 e. The quantitative estimate of drug-likeness (QED) is 0.632. The Kier molecular flexibility index (Phi) is 4.43. The molecule has 0 radical (unpaired) electrons. The third-order valence-electron chi connectivity index (χ3n) is 2.56. The molecule has 0 amide bonds. The highest BCUT2D eigenvalue weighted by Gasteiger charge is 2.36. The van der Waals surface area contributed by atoms with Gasteiger partial charge in [-0.25, -0.2) is 8.78 Å². The smallest absolute Gasteiger partial charge is 0.418 e. The maximum atomic E-state index is 12.7. The first-order valence-electron chi connectivity index (χ1n) is 5.09. The van der Waals surface area contributed by atoms with Crippen LogP contribution in [0.4, 0.5) is 22.0 Å². The molecule has 0 saturated heterocycles. The van der Waals surface area contributed by atoms with E-state index in [-0.39, 0.29) is 5.56 Å². The highest BCUT2D eigenvalue weighted by atomic mass is 19.4. The van der Waals surface area contributed by atoms with Crippen LogP contribution >= 0.6 is 0 Å². The molecule has 0 aliphatic heterocycles. The second-order valence-electron chi connectivity index (χ2n) is 3.71. The van der Waals surface area contributed by atoms with E-state index in [4.69, 9.17) is 0 Å². The fraction of sp³-hybridized carbons (Fsp3) is 0.455. The first-order chi connectivity index (χ1) is 8.68. The molecule has 1 rings (SSSR count). The van der Waals surface area contributed by atoms with E-state index in [1.165, 1.54) is 0 Å². The molecular formula is C11H10F5NO2. The number of ether oxygens (including phenoxy) is 1. The molecule has 0 saturated carbocycles. The molecular weight excluding hydrogens is 273 g/mol. The van der Waals surface area contributed by atoms with Crippen molar-refractivity contribution in [1.82, 2.24) is 4.98 Å². The van der Waals surface area contributed by atoms with E-state index in [9.17, 15) is 26.7 Å². The number of carbonyl (C=O) groups excluding carboxylic acids is 1. The molecule has 8 heteroatoms. The van der Waals surface area contributed by atoms with Crippen LogP contribution in [-0.4, -0.2) is 18.1 Å². The summed E-state index contributed by atoms with van der Waals surface area (Å²) in [6.07, 6.45) is -8.22. The third-order valence-corrected chi connectivity index (χ3v) is 2.56. The van der Waals surface area contributed by atoms with Crippen LogP contribution in [0.2, 0.25) is 0 Å². The maximum Gasteiger partial charge on any atom is 0.418 e. The summed E-state index contributed by atoms with van der Waals surface area (Å²) in [5.41, 5.74) is -2.87. The lowest BCUT2D eigenvalue weighted by atomic mass is 9.99. The average molecular weight is 283 g/mol. The van der Waals surface area contributed by atoms with Crippen LogP contribution in [0.1, 0.15) is 28.8 Å². The van der Waals surface area contributed by atoms with E-state index in [0.717, 1.165) is 14.0 Å². The van der Waals surface area contributed by atoms with Gasteiger partial charge in [-0.1, -0.05) is 0 Å². The lowest BCUT2D eigenvalue weighted by Gasteiger charge is -2.16. The molecule has 3 nitrogen and oxygen atoms in total. The van der Waals surface area contributed by atoms with E-state index in [0.29, 0.717) is 6.20 Å². The zero-order valence-corrected chi connectivity index (χ0v) is 10.0. The largest absolute Gasteiger partial charge is 0.469 e. The average Bonchev–Trinajstić information content (AvgIpc) is 2.29.